The van der Waals surface area contributed by atoms with Crippen molar-refractivity contribution in [1.29, 1.82) is 0 Å². The van der Waals surface area contributed by atoms with Gasteiger partial charge in [-0.1, -0.05) is 18.1 Å². The lowest BCUT2D eigenvalue weighted by molar-refractivity contribution is -0.150. The summed E-state index contributed by atoms with van der Waals surface area (Å²) in [6.45, 7) is 6.37. The van der Waals surface area contributed by atoms with Crippen molar-refractivity contribution in [2.45, 2.75) is 78.2 Å². The zero-order chi connectivity index (χ0) is 18.7. The lowest BCUT2D eigenvalue weighted by Gasteiger charge is -2.58. The van der Waals surface area contributed by atoms with E-state index in [1.807, 2.05) is 0 Å². The molecular weight excluding hydrogens is 328 g/mol. The number of allylic oxidation sites excluding steroid dienone is 1. The van der Waals surface area contributed by atoms with Crippen LogP contribution in [0.25, 0.3) is 0 Å². The Kier molecular flexibility index (Phi) is 4.33. The fourth-order valence-corrected chi connectivity index (χ4v) is 7.16. The highest BCUT2D eigenvalue weighted by Gasteiger charge is 2.60. The maximum absolute atomic E-state index is 12.2. The van der Waals surface area contributed by atoms with Crippen molar-refractivity contribution < 1.29 is 19.4 Å². The molecule has 0 saturated heterocycles. The van der Waals surface area contributed by atoms with E-state index in [0.717, 1.165) is 38.5 Å². The van der Waals surface area contributed by atoms with Crippen molar-refractivity contribution in [3.63, 3.8) is 0 Å². The van der Waals surface area contributed by atoms with Gasteiger partial charge in [-0.25, -0.2) is 0 Å². The number of aliphatic hydroxyl groups excluding tert-OH is 1. The molecule has 0 radical (unpaired) electrons. The molecule has 4 aliphatic rings. The second kappa shape index (κ2) is 6.19. The molecule has 4 nitrogen and oxygen atoms in total. The largest absolute Gasteiger partial charge is 0.465 e. The molecule has 1 unspecified atom stereocenters. The number of rotatable bonds is 2. The van der Waals surface area contributed by atoms with Crippen LogP contribution in [-0.4, -0.2) is 29.6 Å². The Bertz CT molecular complexity index is 665. The number of aliphatic hydroxyl groups is 1. The molecule has 0 aromatic carbocycles. The summed E-state index contributed by atoms with van der Waals surface area (Å²) in [6.07, 6.45) is 6.95. The molecule has 0 aliphatic heterocycles. The normalized spacial score (nSPS) is 45.0. The first-order chi connectivity index (χ1) is 12.3. The van der Waals surface area contributed by atoms with Crippen LogP contribution in [0.2, 0.25) is 0 Å². The van der Waals surface area contributed by atoms with Gasteiger partial charge < -0.3 is 9.84 Å². The number of carbonyl (C=O) groups is 2. The summed E-state index contributed by atoms with van der Waals surface area (Å²) >= 11 is 0. The number of carbonyl (C=O) groups excluding carboxylic acids is 2. The molecule has 0 amide bonds. The number of ether oxygens (including phenoxy) is 1. The van der Waals surface area contributed by atoms with Gasteiger partial charge in [-0.3, -0.25) is 9.59 Å². The topological polar surface area (TPSA) is 63.6 Å². The fourth-order valence-electron chi connectivity index (χ4n) is 7.16. The van der Waals surface area contributed by atoms with Crippen LogP contribution in [0.3, 0.4) is 0 Å². The van der Waals surface area contributed by atoms with Crippen LogP contribution < -0.4 is 0 Å². The van der Waals surface area contributed by atoms with E-state index in [-0.39, 0.29) is 22.9 Å². The van der Waals surface area contributed by atoms with Gasteiger partial charge in [0.25, 0.3) is 0 Å². The lowest BCUT2D eigenvalue weighted by Crippen LogP contribution is -2.54. The first-order valence-electron chi connectivity index (χ1n) is 10.3. The molecule has 0 aromatic heterocycles. The summed E-state index contributed by atoms with van der Waals surface area (Å²) < 4.78 is 5.60. The highest BCUT2D eigenvalue weighted by Crippen LogP contribution is 2.65. The van der Waals surface area contributed by atoms with Gasteiger partial charge in [0.05, 0.1) is 6.10 Å². The average Bonchev–Trinajstić information content (AvgIpc) is 2.90. The SMILES string of the molecule is CC(=O)OC[C@]12CCC(=O)CC1=C(C)C[C@@H]1[C@H]2CC[C@]2(C)C(O)CC[C@@H]12. The van der Waals surface area contributed by atoms with Gasteiger partial charge >= 0.3 is 5.97 Å². The molecule has 3 saturated carbocycles. The molecule has 4 rings (SSSR count). The predicted molar refractivity (Wildman–Crippen MR) is 98.3 cm³/mol. The van der Waals surface area contributed by atoms with E-state index in [0.29, 0.717) is 43.0 Å². The Balaban J connectivity index is 1.75. The summed E-state index contributed by atoms with van der Waals surface area (Å²) in [7, 11) is 0. The maximum atomic E-state index is 12.2. The molecule has 4 aliphatic carbocycles. The molecular formula is C22H32O4. The summed E-state index contributed by atoms with van der Waals surface area (Å²) in [5, 5.41) is 10.6. The van der Waals surface area contributed by atoms with Gasteiger partial charge in [-0.05, 0) is 68.6 Å². The molecule has 26 heavy (non-hydrogen) atoms. The first-order valence-corrected chi connectivity index (χ1v) is 10.3. The monoisotopic (exact) mass is 360 g/mol. The summed E-state index contributed by atoms with van der Waals surface area (Å²) in [4.78, 5) is 23.8. The molecule has 4 heteroatoms. The average molecular weight is 360 g/mol. The van der Waals surface area contributed by atoms with E-state index in [1.54, 1.807) is 0 Å². The molecule has 0 heterocycles. The predicted octanol–water partition coefficient (Wildman–Crippen LogP) is 3.81. The summed E-state index contributed by atoms with van der Waals surface area (Å²) in [5.74, 6) is 1.65. The second-order valence-electron chi connectivity index (χ2n) is 9.63. The van der Waals surface area contributed by atoms with E-state index < -0.39 is 0 Å². The van der Waals surface area contributed by atoms with E-state index >= 15 is 0 Å². The second-order valence-corrected chi connectivity index (χ2v) is 9.63. The van der Waals surface area contributed by atoms with E-state index in [9.17, 15) is 14.7 Å². The van der Waals surface area contributed by atoms with Crippen LogP contribution in [0.15, 0.2) is 11.1 Å². The molecule has 144 valence electrons. The first kappa shape index (κ1) is 18.2. The Morgan fingerprint density at radius 1 is 1.23 bits per heavy atom. The van der Waals surface area contributed by atoms with Gasteiger partial charge in [-0.15, -0.1) is 0 Å². The minimum atomic E-state index is -0.229. The van der Waals surface area contributed by atoms with Gasteiger partial charge in [-0.2, -0.15) is 0 Å². The van der Waals surface area contributed by atoms with Crippen molar-refractivity contribution in [2.24, 2.45) is 28.6 Å². The molecule has 0 spiro atoms. The van der Waals surface area contributed by atoms with Crippen molar-refractivity contribution >= 4 is 11.8 Å². The number of ketones is 1. The van der Waals surface area contributed by atoms with Crippen LogP contribution in [0.4, 0.5) is 0 Å². The van der Waals surface area contributed by atoms with E-state index in [4.69, 9.17) is 4.74 Å². The Morgan fingerprint density at radius 3 is 2.73 bits per heavy atom. The van der Waals surface area contributed by atoms with Gasteiger partial charge in [0.15, 0.2) is 0 Å². The van der Waals surface area contributed by atoms with Crippen molar-refractivity contribution in [2.75, 3.05) is 6.61 Å². The van der Waals surface area contributed by atoms with Gasteiger partial charge in [0.2, 0.25) is 0 Å². The highest BCUT2D eigenvalue weighted by molar-refractivity contribution is 5.83. The molecule has 0 bridgehead atoms. The number of fused-ring (bicyclic) bond motifs is 5. The van der Waals surface area contributed by atoms with Gasteiger partial charge in [0.1, 0.15) is 12.4 Å². The van der Waals surface area contributed by atoms with Crippen LogP contribution in [0.1, 0.15) is 72.1 Å². The Labute approximate surface area is 156 Å². The Morgan fingerprint density at radius 2 is 2.00 bits per heavy atom. The molecule has 1 N–H and O–H groups in total. The van der Waals surface area contributed by atoms with E-state index in [2.05, 4.69) is 13.8 Å². The molecule has 6 atom stereocenters. The molecule has 3 fully saturated rings. The molecule has 0 aromatic rings. The van der Waals surface area contributed by atoms with Crippen LogP contribution in [0.5, 0.6) is 0 Å². The van der Waals surface area contributed by atoms with Crippen LogP contribution >= 0.6 is 0 Å². The Hall–Kier alpha value is -1.16. The standard InChI is InChI=1S/C22H32O4/c1-13-10-16-17-4-5-20(25)21(17,3)8-7-18(16)22(12-26-14(2)23)9-6-15(24)11-19(13)22/h16-18,20,25H,4-12H2,1-3H3/t16-,17-,18+,20?,21-,22-/m0/s1. The summed E-state index contributed by atoms with van der Waals surface area (Å²) in [6, 6.07) is 0. The smallest absolute Gasteiger partial charge is 0.302 e. The van der Waals surface area contributed by atoms with Gasteiger partial charge in [0, 0.05) is 25.2 Å². The van der Waals surface area contributed by atoms with Crippen LogP contribution in [0, 0.1) is 28.6 Å². The van der Waals surface area contributed by atoms with E-state index in [1.165, 1.54) is 18.1 Å². The maximum Gasteiger partial charge on any atom is 0.302 e. The number of esters is 1. The van der Waals surface area contributed by atoms with Crippen molar-refractivity contribution in [3.05, 3.63) is 11.1 Å². The zero-order valence-electron chi connectivity index (χ0n) is 16.3. The third-order valence-corrected chi connectivity index (χ3v) is 8.51. The number of Topliss-reactive ketones (excluding diaryl/α,β-unsaturated/α-hetero) is 1. The zero-order valence-corrected chi connectivity index (χ0v) is 16.3. The quantitative estimate of drug-likeness (QED) is 0.601. The minimum absolute atomic E-state index is 0.0338. The number of hydrogen-bond donors (Lipinski definition) is 1. The third kappa shape index (κ3) is 2.51. The van der Waals surface area contributed by atoms with Crippen LogP contribution in [-0.2, 0) is 14.3 Å². The summed E-state index contributed by atoms with van der Waals surface area (Å²) in [5.41, 5.74) is 2.50. The lowest BCUT2D eigenvalue weighted by atomic mass is 9.46. The van der Waals surface area contributed by atoms with Crippen molar-refractivity contribution in [3.8, 4) is 0 Å². The third-order valence-electron chi connectivity index (χ3n) is 8.51. The fraction of sp³-hybridized carbons (Fsp3) is 0.818. The number of hydrogen-bond acceptors (Lipinski definition) is 4. The minimum Gasteiger partial charge on any atom is -0.465 e. The highest BCUT2D eigenvalue weighted by atomic mass is 16.5. The van der Waals surface area contributed by atoms with Crippen molar-refractivity contribution in [1.82, 2.24) is 0 Å².